The summed E-state index contributed by atoms with van der Waals surface area (Å²) in [6.07, 6.45) is 6.86. The molecule has 0 heterocycles. The van der Waals surface area contributed by atoms with Gasteiger partial charge in [-0.1, -0.05) is 30.5 Å². The van der Waals surface area contributed by atoms with Crippen molar-refractivity contribution in [3.05, 3.63) is 34.6 Å². The van der Waals surface area contributed by atoms with Crippen LogP contribution in [0.2, 0.25) is 5.02 Å². The van der Waals surface area contributed by atoms with Gasteiger partial charge in [0.15, 0.2) is 0 Å². The molecule has 0 atom stereocenters. The highest BCUT2D eigenvalue weighted by Gasteiger charge is 2.55. The first-order chi connectivity index (χ1) is 8.05. The fourth-order valence-electron chi connectivity index (χ4n) is 3.92. The molecule has 2 saturated carbocycles. The van der Waals surface area contributed by atoms with Crippen LogP contribution in [0.5, 0.6) is 0 Å². The third kappa shape index (κ3) is 1.69. The van der Waals surface area contributed by atoms with Crippen molar-refractivity contribution in [3.63, 3.8) is 0 Å². The van der Waals surface area contributed by atoms with E-state index in [-0.39, 0.29) is 5.82 Å². The molecule has 92 valence electrons. The van der Waals surface area contributed by atoms with Crippen molar-refractivity contribution in [2.45, 2.75) is 44.1 Å². The number of hydrogen-bond donors (Lipinski definition) is 1. The van der Waals surface area contributed by atoms with E-state index in [2.05, 4.69) is 0 Å². The third-order valence-electron chi connectivity index (χ3n) is 4.51. The molecule has 0 aromatic heterocycles. The normalized spacial score (nSPS) is 24.9. The van der Waals surface area contributed by atoms with Gasteiger partial charge in [0.05, 0.1) is 0 Å². The van der Waals surface area contributed by atoms with Crippen molar-refractivity contribution in [2.24, 2.45) is 11.1 Å². The highest BCUT2D eigenvalue weighted by molar-refractivity contribution is 6.31. The Kier molecular flexibility index (Phi) is 2.50. The van der Waals surface area contributed by atoms with Gasteiger partial charge in [-0.15, -0.1) is 0 Å². The Morgan fingerprint density at radius 1 is 1.18 bits per heavy atom. The second kappa shape index (κ2) is 3.69. The first kappa shape index (κ1) is 11.5. The Morgan fingerprint density at radius 2 is 1.82 bits per heavy atom. The van der Waals surface area contributed by atoms with E-state index in [1.807, 2.05) is 0 Å². The molecule has 0 saturated heterocycles. The van der Waals surface area contributed by atoms with E-state index in [0.717, 1.165) is 12.8 Å². The van der Waals surface area contributed by atoms with E-state index in [0.29, 0.717) is 16.0 Å². The number of rotatable bonds is 1. The summed E-state index contributed by atoms with van der Waals surface area (Å²) in [7, 11) is 0. The van der Waals surface area contributed by atoms with Crippen LogP contribution in [0.3, 0.4) is 0 Å². The van der Waals surface area contributed by atoms with Gasteiger partial charge in [0.25, 0.3) is 0 Å². The minimum absolute atomic E-state index is 0.257. The topological polar surface area (TPSA) is 26.0 Å². The molecule has 2 N–H and O–H groups in total. The maximum atomic E-state index is 13.9. The van der Waals surface area contributed by atoms with E-state index < -0.39 is 5.54 Å². The fraction of sp³-hybridized carbons (Fsp3) is 0.571. The van der Waals surface area contributed by atoms with Crippen LogP contribution in [0.1, 0.15) is 44.1 Å². The van der Waals surface area contributed by atoms with Crippen LogP contribution >= 0.6 is 11.6 Å². The minimum Gasteiger partial charge on any atom is -0.321 e. The monoisotopic (exact) mass is 253 g/mol. The SMILES string of the molecule is NC1(c2c(F)cccc2Cl)CC2(CCCC2)C1. The number of benzene rings is 1. The standard InChI is InChI=1S/C14H17ClFN/c15-10-4-3-5-11(16)12(10)14(17)8-13(9-14)6-1-2-7-13/h3-5H,1-2,6-9,17H2. The maximum Gasteiger partial charge on any atom is 0.129 e. The van der Waals surface area contributed by atoms with Gasteiger partial charge in [-0.2, -0.15) is 0 Å². The van der Waals surface area contributed by atoms with Crippen molar-refractivity contribution in [3.8, 4) is 0 Å². The van der Waals surface area contributed by atoms with Gasteiger partial charge >= 0.3 is 0 Å². The summed E-state index contributed by atoms with van der Waals surface area (Å²) < 4.78 is 13.9. The van der Waals surface area contributed by atoms with Crippen molar-refractivity contribution in [2.75, 3.05) is 0 Å². The predicted molar refractivity (Wildman–Crippen MR) is 67.4 cm³/mol. The highest BCUT2D eigenvalue weighted by atomic mass is 35.5. The molecule has 0 radical (unpaired) electrons. The molecule has 0 unspecified atom stereocenters. The largest absolute Gasteiger partial charge is 0.321 e. The van der Waals surface area contributed by atoms with Gasteiger partial charge in [0.2, 0.25) is 0 Å². The van der Waals surface area contributed by atoms with E-state index in [4.69, 9.17) is 17.3 Å². The summed E-state index contributed by atoms with van der Waals surface area (Å²) in [5.41, 5.74) is 6.74. The molecule has 2 aliphatic carbocycles. The Balaban J connectivity index is 1.90. The minimum atomic E-state index is -0.535. The summed E-state index contributed by atoms with van der Waals surface area (Å²) >= 11 is 6.10. The fourth-order valence-corrected chi connectivity index (χ4v) is 4.27. The smallest absolute Gasteiger partial charge is 0.129 e. The molecule has 1 spiro atoms. The van der Waals surface area contributed by atoms with Gasteiger partial charge in [0, 0.05) is 16.1 Å². The van der Waals surface area contributed by atoms with Gasteiger partial charge in [-0.05, 0) is 43.2 Å². The predicted octanol–water partition coefficient (Wildman–Crippen LogP) is 3.99. The Bertz CT molecular complexity index is 423. The van der Waals surface area contributed by atoms with Gasteiger partial charge in [-0.3, -0.25) is 0 Å². The van der Waals surface area contributed by atoms with Crippen LogP contribution in [0.4, 0.5) is 4.39 Å². The van der Waals surface area contributed by atoms with Crippen LogP contribution in [0.25, 0.3) is 0 Å². The lowest BCUT2D eigenvalue weighted by atomic mass is 9.54. The average Bonchev–Trinajstić information content (AvgIpc) is 2.65. The Labute approximate surface area is 106 Å². The second-order valence-corrected chi connectivity index (χ2v) is 6.22. The maximum absolute atomic E-state index is 13.9. The van der Waals surface area contributed by atoms with Gasteiger partial charge in [-0.25, -0.2) is 4.39 Å². The molecule has 0 amide bonds. The van der Waals surface area contributed by atoms with E-state index in [1.165, 1.54) is 31.7 Å². The molecule has 0 bridgehead atoms. The van der Waals surface area contributed by atoms with E-state index >= 15 is 0 Å². The van der Waals surface area contributed by atoms with Crippen LogP contribution in [0.15, 0.2) is 18.2 Å². The molecule has 2 fully saturated rings. The summed E-state index contributed by atoms with van der Waals surface area (Å²) in [6, 6.07) is 4.82. The molecule has 1 nitrogen and oxygen atoms in total. The van der Waals surface area contributed by atoms with Gasteiger partial charge in [0.1, 0.15) is 5.82 Å². The molecular formula is C14H17ClFN. The summed E-state index contributed by atoms with van der Waals surface area (Å²) in [4.78, 5) is 0. The lowest BCUT2D eigenvalue weighted by Crippen LogP contribution is -2.55. The second-order valence-electron chi connectivity index (χ2n) is 5.81. The van der Waals surface area contributed by atoms with Crippen LogP contribution in [-0.2, 0) is 5.54 Å². The zero-order valence-corrected chi connectivity index (χ0v) is 10.6. The van der Waals surface area contributed by atoms with Crippen LogP contribution < -0.4 is 5.73 Å². The van der Waals surface area contributed by atoms with Gasteiger partial charge < -0.3 is 5.73 Å². The van der Waals surface area contributed by atoms with Crippen LogP contribution in [0, 0.1) is 11.2 Å². The molecular weight excluding hydrogens is 237 g/mol. The molecule has 1 aromatic rings. The first-order valence-electron chi connectivity index (χ1n) is 6.28. The molecule has 1 aromatic carbocycles. The highest BCUT2D eigenvalue weighted by Crippen LogP contribution is 2.61. The van der Waals surface area contributed by atoms with E-state index in [1.54, 1.807) is 12.1 Å². The average molecular weight is 254 g/mol. The molecule has 3 heteroatoms. The summed E-state index contributed by atoms with van der Waals surface area (Å²) in [5, 5.41) is 0.473. The summed E-state index contributed by atoms with van der Waals surface area (Å²) in [6.45, 7) is 0. The number of hydrogen-bond acceptors (Lipinski definition) is 1. The Hall–Kier alpha value is -0.600. The number of nitrogens with two attached hydrogens (primary N) is 1. The molecule has 0 aliphatic heterocycles. The molecule has 17 heavy (non-hydrogen) atoms. The lowest BCUT2D eigenvalue weighted by molar-refractivity contribution is 0.0290. The lowest BCUT2D eigenvalue weighted by Gasteiger charge is -2.53. The van der Waals surface area contributed by atoms with Crippen molar-refractivity contribution >= 4 is 11.6 Å². The molecule has 3 rings (SSSR count). The summed E-state index contributed by atoms with van der Waals surface area (Å²) in [5.74, 6) is -0.257. The van der Waals surface area contributed by atoms with Crippen LogP contribution in [-0.4, -0.2) is 0 Å². The first-order valence-corrected chi connectivity index (χ1v) is 6.66. The van der Waals surface area contributed by atoms with E-state index in [9.17, 15) is 4.39 Å². The Morgan fingerprint density at radius 3 is 2.41 bits per heavy atom. The van der Waals surface area contributed by atoms with Crippen molar-refractivity contribution in [1.82, 2.24) is 0 Å². The zero-order valence-electron chi connectivity index (χ0n) is 9.81. The van der Waals surface area contributed by atoms with Crippen molar-refractivity contribution < 1.29 is 4.39 Å². The number of halogens is 2. The quantitative estimate of drug-likeness (QED) is 0.805. The van der Waals surface area contributed by atoms with Crippen molar-refractivity contribution in [1.29, 1.82) is 0 Å². The molecule has 2 aliphatic rings. The zero-order chi connectivity index (χ0) is 12.1. The third-order valence-corrected chi connectivity index (χ3v) is 4.82.